The highest BCUT2D eigenvalue weighted by Crippen LogP contribution is 2.12. The molecule has 1 aliphatic rings. The van der Waals surface area contributed by atoms with Crippen LogP contribution < -0.4 is 16.4 Å². The largest absolute Gasteiger partial charge is 0.466 e. The van der Waals surface area contributed by atoms with E-state index in [1.807, 2.05) is 34.6 Å². The Morgan fingerprint density at radius 3 is 2.27 bits per heavy atom. The third-order valence-corrected chi connectivity index (χ3v) is 4.74. The second-order valence-corrected chi connectivity index (χ2v) is 7.51. The molecule has 0 aromatic carbocycles. The maximum atomic E-state index is 12.2. The predicted molar refractivity (Wildman–Crippen MR) is 130 cm³/mol. The molecule has 10 nitrogen and oxygen atoms in total. The molecule has 1 aliphatic heterocycles. The quantitative estimate of drug-likeness (QED) is 0.473. The number of carbonyl (C=O) groups is 5. The third kappa shape index (κ3) is 24.2. The van der Waals surface area contributed by atoms with E-state index in [0.717, 1.165) is 5.75 Å². The Bertz CT molecular complexity index is 570. The van der Waals surface area contributed by atoms with Crippen molar-refractivity contribution in [2.45, 2.75) is 73.8 Å². The SMILES string of the molecule is CC.CC.CC(N)=O.CCOC(=O)CCCC(=O)NC1CSCC(C)COC(=O)CNC1=O. The number of rotatable bonds is 6. The van der Waals surface area contributed by atoms with Gasteiger partial charge in [-0.25, -0.2) is 0 Å². The molecule has 1 heterocycles. The fourth-order valence-corrected chi connectivity index (χ4v) is 3.18. The molecule has 11 heteroatoms. The van der Waals surface area contributed by atoms with Crippen molar-refractivity contribution < 1.29 is 33.4 Å². The maximum absolute atomic E-state index is 12.2. The van der Waals surface area contributed by atoms with E-state index in [1.165, 1.54) is 18.7 Å². The summed E-state index contributed by atoms with van der Waals surface area (Å²) < 4.78 is 9.85. The molecule has 0 aromatic rings. The number of nitrogens with one attached hydrogen (secondary N) is 2. The molecule has 0 spiro atoms. The maximum Gasteiger partial charge on any atom is 0.325 e. The number of hydrogen-bond acceptors (Lipinski definition) is 8. The van der Waals surface area contributed by atoms with Crippen LogP contribution in [0.2, 0.25) is 0 Å². The molecule has 4 N–H and O–H groups in total. The summed E-state index contributed by atoms with van der Waals surface area (Å²) in [5.74, 6) is -0.599. The average Bonchev–Trinajstić information content (AvgIpc) is 2.79. The van der Waals surface area contributed by atoms with Crippen LogP contribution in [0.3, 0.4) is 0 Å². The van der Waals surface area contributed by atoms with Gasteiger partial charge in [-0.1, -0.05) is 34.6 Å². The Hall–Kier alpha value is -2.30. The molecule has 1 rings (SSSR count). The molecule has 2 unspecified atom stereocenters. The Morgan fingerprint density at radius 2 is 1.73 bits per heavy atom. The van der Waals surface area contributed by atoms with Crippen molar-refractivity contribution in [3.8, 4) is 0 Å². The van der Waals surface area contributed by atoms with E-state index in [4.69, 9.17) is 9.47 Å². The van der Waals surface area contributed by atoms with Gasteiger partial charge in [0, 0.05) is 25.5 Å². The molecule has 3 amide bonds. The van der Waals surface area contributed by atoms with E-state index in [1.54, 1.807) is 6.92 Å². The van der Waals surface area contributed by atoms with Crippen molar-refractivity contribution in [2.75, 3.05) is 31.3 Å². The number of cyclic esters (lactones) is 1. The molecule has 0 aromatic heterocycles. The van der Waals surface area contributed by atoms with E-state index in [-0.39, 0.29) is 43.1 Å². The van der Waals surface area contributed by atoms with Gasteiger partial charge < -0.3 is 25.8 Å². The molecule has 0 bridgehead atoms. The number of amides is 3. The van der Waals surface area contributed by atoms with Crippen LogP contribution in [0.25, 0.3) is 0 Å². The van der Waals surface area contributed by atoms with Gasteiger partial charge in [0.1, 0.15) is 12.6 Å². The number of hydrogen-bond donors (Lipinski definition) is 3. The molecular formula is C22H43N3O7S. The first-order chi connectivity index (χ1) is 15.6. The number of nitrogens with two attached hydrogens (primary N) is 1. The fraction of sp³-hybridized carbons (Fsp3) is 0.773. The van der Waals surface area contributed by atoms with E-state index in [9.17, 15) is 24.0 Å². The number of thioether (sulfide) groups is 1. The van der Waals surface area contributed by atoms with Gasteiger partial charge in [-0.15, -0.1) is 0 Å². The first-order valence-corrected chi connectivity index (χ1v) is 12.5. The van der Waals surface area contributed by atoms with E-state index in [0.29, 0.717) is 25.4 Å². The van der Waals surface area contributed by atoms with Crippen molar-refractivity contribution in [1.82, 2.24) is 10.6 Å². The van der Waals surface area contributed by atoms with Gasteiger partial charge in [0.2, 0.25) is 17.7 Å². The molecule has 1 fully saturated rings. The Labute approximate surface area is 202 Å². The molecule has 1 saturated heterocycles. The van der Waals surface area contributed by atoms with Crippen LogP contribution in [0.5, 0.6) is 0 Å². The summed E-state index contributed by atoms with van der Waals surface area (Å²) in [6.45, 7) is 13.4. The Morgan fingerprint density at radius 1 is 1.15 bits per heavy atom. The van der Waals surface area contributed by atoms with Crippen LogP contribution in [0.15, 0.2) is 0 Å². The van der Waals surface area contributed by atoms with E-state index >= 15 is 0 Å². The van der Waals surface area contributed by atoms with Crippen LogP contribution in [-0.2, 0) is 33.4 Å². The van der Waals surface area contributed by atoms with Gasteiger partial charge in [-0.3, -0.25) is 24.0 Å². The molecule has 0 radical (unpaired) electrons. The minimum atomic E-state index is -0.724. The average molecular weight is 494 g/mol. The predicted octanol–water partition coefficient (Wildman–Crippen LogP) is 1.79. The summed E-state index contributed by atoms with van der Waals surface area (Å²) in [5.41, 5.74) is 4.47. The highest BCUT2D eigenvalue weighted by molar-refractivity contribution is 7.99. The Balaban J connectivity index is -0.000000988. The molecular weight excluding hydrogens is 450 g/mol. The smallest absolute Gasteiger partial charge is 0.325 e. The summed E-state index contributed by atoms with van der Waals surface area (Å²) in [6, 6.07) is -0.724. The van der Waals surface area contributed by atoms with Gasteiger partial charge in [-0.2, -0.15) is 11.8 Å². The second kappa shape index (κ2) is 24.3. The standard InChI is InChI=1S/C16H26N2O6S.C2H5NO.2C2H6/c1-3-23-14(20)6-4-5-13(19)18-12-10-25-9-11(2)8-24-15(21)7-17-16(12)22;1-2(3)4;2*1-2/h11-12H,3-10H2,1-2H3,(H,17,22)(H,18,19);1H3,(H2,3,4);2*1-2H3. The number of ether oxygens (including phenoxy) is 2. The lowest BCUT2D eigenvalue weighted by Gasteiger charge is -2.17. The van der Waals surface area contributed by atoms with Crippen molar-refractivity contribution in [1.29, 1.82) is 0 Å². The zero-order valence-corrected chi connectivity index (χ0v) is 22.0. The summed E-state index contributed by atoms with van der Waals surface area (Å²) in [4.78, 5) is 56.1. The summed E-state index contributed by atoms with van der Waals surface area (Å²) >= 11 is 1.52. The van der Waals surface area contributed by atoms with Gasteiger partial charge in [0.05, 0.1) is 13.2 Å². The lowest BCUT2D eigenvalue weighted by molar-refractivity contribution is -0.145. The van der Waals surface area contributed by atoms with Crippen molar-refractivity contribution in [3.05, 3.63) is 0 Å². The number of primary amides is 1. The minimum absolute atomic E-state index is 0.131. The zero-order chi connectivity index (χ0) is 26.2. The topological polar surface area (TPSA) is 154 Å². The highest BCUT2D eigenvalue weighted by atomic mass is 32.2. The van der Waals surface area contributed by atoms with E-state index in [2.05, 4.69) is 16.4 Å². The fourth-order valence-electron chi connectivity index (χ4n) is 2.08. The van der Waals surface area contributed by atoms with Crippen molar-refractivity contribution in [3.63, 3.8) is 0 Å². The monoisotopic (exact) mass is 493 g/mol. The van der Waals surface area contributed by atoms with Gasteiger partial charge in [0.15, 0.2) is 0 Å². The van der Waals surface area contributed by atoms with Gasteiger partial charge in [-0.05, 0) is 25.0 Å². The number of esters is 2. The lowest BCUT2D eigenvalue weighted by Crippen LogP contribution is -2.49. The van der Waals surface area contributed by atoms with Gasteiger partial charge >= 0.3 is 11.9 Å². The first-order valence-electron chi connectivity index (χ1n) is 11.4. The molecule has 0 aliphatic carbocycles. The lowest BCUT2D eigenvalue weighted by atomic mass is 10.2. The molecule has 194 valence electrons. The third-order valence-electron chi connectivity index (χ3n) is 3.36. The summed E-state index contributed by atoms with van der Waals surface area (Å²) in [5, 5.41) is 5.14. The van der Waals surface area contributed by atoms with Crippen molar-refractivity contribution >= 4 is 41.4 Å². The Kier molecular flexibility index (Phi) is 26.0. The first kappa shape index (κ1) is 35.3. The molecule has 33 heavy (non-hydrogen) atoms. The summed E-state index contributed by atoms with van der Waals surface area (Å²) in [6.07, 6.45) is 0.650. The van der Waals surface area contributed by atoms with Crippen LogP contribution >= 0.6 is 11.8 Å². The van der Waals surface area contributed by atoms with Crippen LogP contribution in [0.4, 0.5) is 0 Å². The van der Waals surface area contributed by atoms with E-state index < -0.39 is 17.9 Å². The normalized spacial score (nSPS) is 17.9. The zero-order valence-electron chi connectivity index (χ0n) is 21.2. The highest BCUT2D eigenvalue weighted by Gasteiger charge is 2.23. The van der Waals surface area contributed by atoms with Crippen LogP contribution in [-0.4, -0.2) is 67.0 Å². The van der Waals surface area contributed by atoms with Crippen molar-refractivity contribution in [2.24, 2.45) is 11.7 Å². The molecule has 2 atom stereocenters. The molecule has 0 saturated carbocycles. The van der Waals surface area contributed by atoms with Gasteiger partial charge in [0.25, 0.3) is 0 Å². The number of carbonyl (C=O) groups excluding carboxylic acids is 5. The summed E-state index contributed by atoms with van der Waals surface area (Å²) in [7, 11) is 0. The van der Waals surface area contributed by atoms with Crippen LogP contribution in [0.1, 0.15) is 67.7 Å². The second-order valence-electron chi connectivity index (χ2n) is 6.43. The van der Waals surface area contributed by atoms with Crippen LogP contribution in [0, 0.1) is 5.92 Å². The minimum Gasteiger partial charge on any atom is -0.466 e.